The molecule has 2 aromatic carbocycles. The Morgan fingerprint density at radius 3 is 1.97 bits per heavy atom. The van der Waals surface area contributed by atoms with Crippen molar-refractivity contribution in [2.75, 3.05) is 48.9 Å². The Kier molecular flexibility index (Phi) is 10.6. The number of nitrogens with zero attached hydrogens (tertiary/aromatic N) is 3. The van der Waals surface area contributed by atoms with Crippen molar-refractivity contribution in [1.29, 1.82) is 0 Å². The number of hydrogen-bond donors (Lipinski definition) is 4. The van der Waals surface area contributed by atoms with Gasteiger partial charge in [0.1, 0.15) is 5.78 Å². The number of aromatic nitrogens is 3. The highest BCUT2D eigenvalue weighted by Gasteiger charge is 2.09. The molecule has 0 atom stereocenters. The number of nitrogens with one attached hydrogen (secondary N) is 3. The molecular formula is C25H30N6O5. The number of carbonyl (C=O) groups excluding carboxylic acids is 1. The quantitative estimate of drug-likeness (QED) is 0.215. The summed E-state index contributed by atoms with van der Waals surface area (Å²) in [7, 11) is 0. The number of hydrogen-bond acceptors (Lipinski definition) is 10. The van der Waals surface area contributed by atoms with Crippen molar-refractivity contribution in [2.24, 2.45) is 0 Å². The maximum atomic E-state index is 11.1. The molecular weight excluding hydrogens is 464 g/mol. The van der Waals surface area contributed by atoms with E-state index >= 15 is 0 Å². The number of benzene rings is 2. The summed E-state index contributed by atoms with van der Waals surface area (Å²) in [6.45, 7) is 3.90. The summed E-state index contributed by atoms with van der Waals surface area (Å²) in [5.41, 5.74) is 1.64. The normalized spacial score (nSPS) is 10.6. The summed E-state index contributed by atoms with van der Waals surface area (Å²) in [5, 5.41) is 18.4. The van der Waals surface area contributed by atoms with Crippen LogP contribution in [0.1, 0.15) is 30.1 Å². The van der Waals surface area contributed by atoms with E-state index in [4.69, 9.17) is 14.6 Å². The van der Waals surface area contributed by atoms with Crippen LogP contribution in [0.15, 0.2) is 54.6 Å². The predicted octanol–water partition coefficient (Wildman–Crippen LogP) is 3.87. The van der Waals surface area contributed by atoms with E-state index in [9.17, 15) is 9.59 Å². The van der Waals surface area contributed by atoms with Gasteiger partial charge in [0.15, 0.2) is 0 Å². The van der Waals surface area contributed by atoms with Gasteiger partial charge in [-0.2, -0.15) is 15.0 Å². The second-order valence-corrected chi connectivity index (χ2v) is 7.76. The molecule has 3 rings (SSSR count). The van der Waals surface area contributed by atoms with Crippen LogP contribution >= 0.6 is 0 Å². The number of anilines is 5. The number of ketones is 1. The lowest BCUT2D eigenvalue weighted by molar-refractivity contribution is -0.117. The minimum Gasteiger partial charge on any atom is -0.478 e. The topological polar surface area (TPSA) is 148 Å². The molecule has 0 saturated heterocycles. The van der Waals surface area contributed by atoms with E-state index in [1.54, 1.807) is 19.1 Å². The number of carboxylic acid groups (broad SMARTS) is 1. The summed E-state index contributed by atoms with van der Waals surface area (Å²) in [6, 6.07) is 15.8. The summed E-state index contributed by atoms with van der Waals surface area (Å²) in [6.07, 6.45) is 1.25. The summed E-state index contributed by atoms with van der Waals surface area (Å²) in [4.78, 5) is 35.2. The molecule has 0 saturated carbocycles. The van der Waals surface area contributed by atoms with Gasteiger partial charge in [0.05, 0.1) is 25.4 Å². The van der Waals surface area contributed by atoms with Crippen LogP contribution in [-0.2, 0) is 14.3 Å². The third-order valence-electron chi connectivity index (χ3n) is 4.77. The van der Waals surface area contributed by atoms with Crippen molar-refractivity contribution in [1.82, 2.24) is 15.0 Å². The molecule has 1 aromatic heterocycles. The fourth-order valence-corrected chi connectivity index (χ4v) is 3.02. The molecule has 0 fully saturated rings. The lowest BCUT2D eigenvalue weighted by atomic mass is 10.2. The molecule has 1 heterocycles. The first kappa shape index (κ1) is 26.5. The standard InChI is InChI=1S/C25H30N6O5/c1-18(32)6-5-14-35-16-17-36-15-13-26-23-29-24(27-20-7-3-2-4-8-20)31-25(30-23)28-21-11-9-19(10-12-21)22(33)34/h2-4,7-12H,5-6,13-17H2,1H3,(H,33,34)(H3,26,27,28,29,30,31). The van der Waals surface area contributed by atoms with Crippen molar-refractivity contribution >= 4 is 41.0 Å². The number of ether oxygens (including phenoxy) is 2. The molecule has 0 unspecified atom stereocenters. The van der Waals surface area contributed by atoms with Crippen LogP contribution in [0.5, 0.6) is 0 Å². The average molecular weight is 495 g/mol. The minimum absolute atomic E-state index is 0.163. The van der Waals surface area contributed by atoms with Crippen LogP contribution in [0.3, 0.4) is 0 Å². The third kappa shape index (κ3) is 9.65. The molecule has 0 radical (unpaired) electrons. The maximum absolute atomic E-state index is 11.1. The van der Waals surface area contributed by atoms with Gasteiger partial charge in [0.25, 0.3) is 0 Å². The SMILES string of the molecule is CC(=O)CCCOCCOCCNc1nc(Nc2ccccc2)nc(Nc2ccc(C(=O)O)cc2)n1. The van der Waals surface area contributed by atoms with E-state index in [0.717, 1.165) is 12.1 Å². The first-order chi connectivity index (χ1) is 17.5. The summed E-state index contributed by atoms with van der Waals surface area (Å²) >= 11 is 0. The Balaban J connectivity index is 1.54. The Morgan fingerprint density at radius 2 is 1.36 bits per heavy atom. The molecule has 0 aliphatic rings. The fraction of sp³-hybridized carbons (Fsp3) is 0.320. The van der Waals surface area contributed by atoms with Gasteiger partial charge in [-0.25, -0.2) is 4.79 Å². The molecule has 0 aliphatic heterocycles. The summed E-state index contributed by atoms with van der Waals surface area (Å²) in [5.74, 6) is 0.134. The Morgan fingerprint density at radius 1 is 0.778 bits per heavy atom. The zero-order chi connectivity index (χ0) is 25.6. The van der Waals surface area contributed by atoms with Crippen LogP contribution in [0.2, 0.25) is 0 Å². The van der Waals surface area contributed by atoms with Crippen LogP contribution in [0.25, 0.3) is 0 Å². The highest BCUT2D eigenvalue weighted by atomic mass is 16.5. The van der Waals surface area contributed by atoms with Crippen molar-refractivity contribution in [3.63, 3.8) is 0 Å². The predicted molar refractivity (Wildman–Crippen MR) is 136 cm³/mol. The number of carboxylic acids is 1. The van der Waals surface area contributed by atoms with Gasteiger partial charge in [-0.05, 0) is 49.7 Å². The molecule has 11 heteroatoms. The van der Waals surface area contributed by atoms with Gasteiger partial charge in [0.2, 0.25) is 17.8 Å². The Labute approximate surface area is 209 Å². The lowest BCUT2D eigenvalue weighted by Gasteiger charge is -2.12. The highest BCUT2D eigenvalue weighted by molar-refractivity contribution is 5.88. The molecule has 4 N–H and O–H groups in total. The molecule has 0 spiro atoms. The van der Waals surface area contributed by atoms with Crippen molar-refractivity contribution in [3.8, 4) is 0 Å². The monoisotopic (exact) mass is 494 g/mol. The average Bonchev–Trinajstić information content (AvgIpc) is 2.86. The van der Waals surface area contributed by atoms with Crippen LogP contribution in [-0.4, -0.2) is 64.8 Å². The second-order valence-electron chi connectivity index (χ2n) is 7.76. The van der Waals surface area contributed by atoms with E-state index in [1.165, 1.54) is 12.1 Å². The van der Waals surface area contributed by atoms with Gasteiger partial charge in [-0.3, -0.25) is 0 Å². The number of aromatic carboxylic acids is 1. The van der Waals surface area contributed by atoms with E-state index in [0.29, 0.717) is 57.0 Å². The van der Waals surface area contributed by atoms with Crippen molar-refractivity contribution in [2.45, 2.75) is 19.8 Å². The fourth-order valence-electron chi connectivity index (χ4n) is 3.02. The van der Waals surface area contributed by atoms with Gasteiger partial charge in [-0.1, -0.05) is 18.2 Å². The molecule has 0 amide bonds. The van der Waals surface area contributed by atoms with Crippen LogP contribution in [0, 0.1) is 0 Å². The maximum Gasteiger partial charge on any atom is 0.335 e. The van der Waals surface area contributed by atoms with Gasteiger partial charge >= 0.3 is 5.97 Å². The van der Waals surface area contributed by atoms with Gasteiger partial charge in [0, 0.05) is 30.9 Å². The molecule has 3 aromatic rings. The lowest BCUT2D eigenvalue weighted by Crippen LogP contribution is -2.15. The van der Waals surface area contributed by atoms with E-state index < -0.39 is 5.97 Å². The highest BCUT2D eigenvalue weighted by Crippen LogP contribution is 2.19. The first-order valence-electron chi connectivity index (χ1n) is 11.6. The number of para-hydroxylation sites is 1. The molecule has 11 nitrogen and oxygen atoms in total. The van der Waals surface area contributed by atoms with E-state index in [-0.39, 0.29) is 17.3 Å². The van der Waals surface area contributed by atoms with Gasteiger partial charge in [-0.15, -0.1) is 0 Å². The van der Waals surface area contributed by atoms with Crippen LogP contribution in [0.4, 0.5) is 29.2 Å². The second kappa shape index (κ2) is 14.3. The smallest absolute Gasteiger partial charge is 0.335 e. The largest absolute Gasteiger partial charge is 0.478 e. The van der Waals surface area contributed by atoms with Crippen molar-refractivity contribution in [3.05, 3.63) is 60.2 Å². The number of rotatable bonds is 16. The van der Waals surface area contributed by atoms with Crippen molar-refractivity contribution < 1.29 is 24.2 Å². The molecule has 0 bridgehead atoms. The Bertz CT molecular complexity index is 1110. The summed E-state index contributed by atoms with van der Waals surface area (Å²) < 4.78 is 11.0. The van der Waals surface area contributed by atoms with E-state index in [2.05, 4.69) is 30.9 Å². The zero-order valence-electron chi connectivity index (χ0n) is 20.1. The molecule has 36 heavy (non-hydrogen) atoms. The van der Waals surface area contributed by atoms with Crippen LogP contribution < -0.4 is 16.0 Å². The van der Waals surface area contributed by atoms with E-state index in [1.807, 2.05) is 30.3 Å². The zero-order valence-corrected chi connectivity index (χ0v) is 20.1. The first-order valence-corrected chi connectivity index (χ1v) is 11.6. The minimum atomic E-state index is -0.996. The molecule has 0 aliphatic carbocycles. The number of carbonyl (C=O) groups is 2. The van der Waals surface area contributed by atoms with Gasteiger partial charge < -0.3 is 35.3 Å². The third-order valence-corrected chi connectivity index (χ3v) is 4.77. The Hall–Kier alpha value is -4.09. The number of Topliss-reactive ketones (excluding diaryl/α,β-unsaturated/α-hetero) is 1. The molecule has 190 valence electrons.